The lowest BCUT2D eigenvalue weighted by Gasteiger charge is -2.17. The molecule has 1 fully saturated rings. The molecule has 0 aliphatic carbocycles. The monoisotopic (exact) mass is 386 g/mol. The lowest BCUT2D eigenvalue weighted by atomic mass is 10.00. The summed E-state index contributed by atoms with van der Waals surface area (Å²) >= 11 is 0. The zero-order chi connectivity index (χ0) is 19.9. The average molecular weight is 387 g/mol. The van der Waals surface area contributed by atoms with Crippen molar-refractivity contribution in [2.75, 3.05) is 11.6 Å². The predicted molar refractivity (Wildman–Crippen MR) is 120 cm³/mol. The van der Waals surface area contributed by atoms with Crippen LogP contribution in [0.3, 0.4) is 0 Å². The molecule has 3 nitrogen and oxygen atoms in total. The van der Waals surface area contributed by atoms with Crippen molar-refractivity contribution in [1.82, 2.24) is 5.43 Å². The summed E-state index contributed by atoms with van der Waals surface area (Å²) in [6.07, 6.45) is 20.3. The molecule has 0 aromatic heterocycles. The summed E-state index contributed by atoms with van der Waals surface area (Å²) in [5.41, 5.74) is 4.10. The summed E-state index contributed by atoms with van der Waals surface area (Å²) in [5, 5.41) is 2.00. The number of hydrazine groups is 1. The molecule has 1 aromatic carbocycles. The molecule has 1 saturated heterocycles. The predicted octanol–water partition coefficient (Wildman–Crippen LogP) is 7.03. The summed E-state index contributed by atoms with van der Waals surface area (Å²) in [6.45, 7) is 3.09. The normalized spacial score (nSPS) is 16.5. The maximum absolute atomic E-state index is 12.2. The lowest BCUT2D eigenvalue weighted by Crippen LogP contribution is -2.32. The highest BCUT2D eigenvalue weighted by atomic mass is 16.2. The highest BCUT2D eigenvalue weighted by Crippen LogP contribution is 2.22. The molecule has 0 saturated carbocycles. The van der Waals surface area contributed by atoms with Gasteiger partial charge in [-0.15, -0.1) is 0 Å². The van der Waals surface area contributed by atoms with Crippen LogP contribution in [0.1, 0.15) is 103 Å². The van der Waals surface area contributed by atoms with Gasteiger partial charge in [-0.2, -0.15) is 0 Å². The number of hydrogen-bond acceptors (Lipinski definition) is 2. The fraction of sp³-hybridized carbons (Fsp3) is 0.720. The number of anilines is 1. The van der Waals surface area contributed by atoms with Crippen molar-refractivity contribution in [3.63, 3.8) is 0 Å². The van der Waals surface area contributed by atoms with Gasteiger partial charge in [0.05, 0.1) is 18.2 Å². The number of para-hydroxylation sites is 1. The van der Waals surface area contributed by atoms with E-state index in [-0.39, 0.29) is 11.8 Å². The van der Waals surface area contributed by atoms with E-state index in [1.807, 2.05) is 23.2 Å². The van der Waals surface area contributed by atoms with Crippen molar-refractivity contribution >= 4 is 11.6 Å². The minimum Gasteiger partial charge on any atom is -0.285 e. The van der Waals surface area contributed by atoms with Gasteiger partial charge in [0.1, 0.15) is 0 Å². The average Bonchev–Trinajstić information content (AvgIpc) is 3.09. The van der Waals surface area contributed by atoms with Crippen molar-refractivity contribution in [3.8, 4) is 0 Å². The van der Waals surface area contributed by atoms with E-state index in [2.05, 4.69) is 24.5 Å². The molecule has 2 rings (SSSR count). The number of unbranched alkanes of at least 4 members (excludes halogenated alkanes) is 13. The smallest absolute Gasteiger partial charge is 0.243 e. The Hall–Kier alpha value is -1.51. The van der Waals surface area contributed by atoms with Crippen LogP contribution in [-0.4, -0.2) is 12.5 Å². The largest absolute Gasteiger partial charge is 0.285 e. The number of nitrogens with one attached hydrogen (secondary N) is 1. The molecule has 1 heterocycles. The van der Waals surface area contributed by atoms with Crippen LogP contribution in [0.25, 0.3) is 0 Å². The molecule has 1 unspecified atom stereocenters. The molecule has 1 N–H and O–H groups in total. The number of carbonyl (C=O) groups excluding carboxylic acids is 1. The minimum absolute atomic E-state index is 0.150. The van der Waals surface area contributed by atoms with Crippen LogP contribution in [0.4, 0.5) is 5.69 Å². The third-order valence-electron chi connectivity index (χ3n) is 5.99. The molecule has 1 atom stereocenters. The fourth-order valence-electron chi connectivity index (χ4n) is 4.16. The summed E-state index contributed by atoms with van der Waals surface area (Å²) < 4.78 is 0. The number of amides is 1. The van der Waals surface area contributed by atoms with Crippen LogP contribution in [0.5, 0.6) is 0 Å². The van der Waals surface area contributed by atoms with E-state index in [1.54, 1.807) is 0 Å². The van der Waals surface area contributed by atoms with Crippen LogP contribution < -0.4 is 10.4 Å². The van der Waals surface area contributed by atoms with Gasteiger partial charge >= 0.3 is 0 Å². The van der Waals surface area contributed by atoms with Gasteiger partial charge in [-0.05, 0) is 18.6 Å². The van der Waals surface area contributed by atoms with E-state index >= 15 is 0 Å². The molecule has 1 aliphatic rings. The van der Waals surface area contributed by atoms with Gasteiger partial charge in [0.25, 0.3) is 0 Å². The summed E-state index contributed by atoms with van der Waals surface area (Å²) in [7, 11) is 0. The minimum atomic E-state index is 0.150. The Morgan fingerprint density at radius 2 is 1.29 bits per heavy atom. The van der Waals surface area contributed by atoms with E-state index in [1.165, 1.54) is 89.9 Å². The van der Waals surface area contributed by atoms with Gasteiger partial charge in [-0.25, -0.2) is 0 Å². The molecule has 0 bridgehead atoms. The van der Waals surface area contributed by atoms with Gasteiger partial charge in [0.15, 0.2) is 0 Å². The van der Waals surface area contributed by atoms with Crippen LogP contribution in [0.15, 0.2) is 30.3 Å². The standard InChI is InChI=1S/C25H42N2O/c1-2-3-4-5-6-7-8-9-10-11-12-13-14-16-19-23-22-27(26-25(23)28)24-20-17-15-18-21-24/h15,17-18,20-21,23H,2-14,16,19,22H2,1H3,(H,26,28). The second kappa shape index (κ2) is 14.5. The van der Waals surface area contributed by atoms with Crippen molar-refractivity contribution < 1.29 is 4.79 Å². The first-order valence-corrected chi connectivity index (χ1v) is 11.9. The van der Waals surface area contributed by atoms with E-state index in [9.17, 15) is 4.79 Å². The van der Waals surface area contributed by atoms with E-state index in [4.69, 9.17) is 0 Å². The third-order valence-corrected chi connectivity index (χ3v) is 5.99. The van der Waals surface area contributed by atoms with Gasteiger partial charge in [0, 0.05) is 0 Å². The van der Waals surface area contributed by atoms with Crippen molar-refractivity contribution in [3.05, 3.63) is 30.3 Å². The SMILES string of the molecule is CCCCCCCCCCCCCCCCC1CN(c2ccccc2)NC1=O. The number of hydrogen-bond donors (Lipinski definition) is 1. The zero-order valence-corrected chi connectivity index (χ0v) is 18.1. The third kappa shape index (κ3) is 9.12. The van der Waals surface area contributed by atoms with Crippen LogP contribution in [-0.2, 0) is 4.79 Å². The first-order chi connectivity index (χ1) is 13.8. The molecule has 1 amide bonds. The molecule has 0 radical (unpaired) electrons. The van der Waals surface area contributed by atoms with E-state index < -0.39 is 0 Å². The van der Waals surface area contributed by atoms with Gasteiger partial charge in [0.2, 0.25) is 5.91 Å². The number of rotatable bonds is 16. The number of nitrogens with zero attached hydrogens (tertiary/aromatic N) is 1. The second-order valence-electron chi connectivity index (χ2n) is 8.50. The van der Waals surface area contributed by atoms with Crippen LogP contribution >= 0.6 is 0 Å². The lowest BCUT2D eigenvalue weighted by molar-refractivity contribution is -0.122. The van der Waals surface area contributed by atoms with Crippen molar-refractivity contribution in [1.29, 1.82) is 0 Å². The molecular formula is C25H42N2O. The molecule has 1 aromatic rings. The van der Waals surface area contributed by atoms with Crippen molar-refractivity contribution in [2.45, 2.75) is 103 Å². The van der Waals surface area contributed by atoms with Gasteiger partial charge in [-0.1, -0.05) is 115 Å². The Morgan fingerprint density at radius 1 is 0.786 bits per heavy atom. The van der Waals surface area contributed by atoms with Crippen LogP contribution in [0.2, 0.25) is 0 Å². The number of carbonyl (C=O) groups is 1. The molecular weight excluding hydrogens is 344 g/mol. The maximum atomic E-state index is 12.2. The molecule has 1 aliphatic heterocycles. The topological polar surface area (TPSA) is 32.3 Å². The molecule has 158 valence electrons. The molecule has 3 heteroatoms. The Bertz CT molecular complexity index is 517. The quantitative estimate of drug-likeness (QED) is 0.309. The van der Waals surface area contributed by atoms with Crippen LogP contribution in [0, 0.1) is 5.92 Å². The fourth-order valence-corrected chi connectivity index (χ4v) is 4.16. The summed E-state index contributed by atoms with van der Waals surface area (Å²) in [6, 6.07) is 10.1. The Kier molecular flexibility index (Phi) is 11.8. The molecule has 28 heavy (non-hydrogen) atoms. The first-order valence-electron chi connectivity index (χ1n) is 11.9. The van der Waals surface area contributed by atoms with Gasteiger partial charge in [-0.3, -0.25) is 15.2 Å². The zero-order valence-electron chi connectivity index (χ0n) is 18.1. The Balaban J connectivity index is 1.39. The first kappa shape index (κ1) is 22.8. The highest BCUT2D eigenvalue weighted by Gasteiger charge is 2.29. The highest BCUT2D eigenvalue weighted by molar-refractivity contribution is 5.84. The Morgan fingerprint density at radius 3 is 1.82 bits per heavy atom. The van der Waals surface area contributed by atoms with E-state index in [0.29, 0.717) is 0 Å². The second-order valence-corrected chi connectivity index (χ2v) is 8.50. The number of benzene rings is 1. The molecule has 0 spiro atoms. The summed E-state index contributed by atoms with van der Waals surface area (Å²) in [5.74, 6) is 0.344. The van der Waals surface area contributed by atoms with E-state index in [0.717, 1.165) is 18.7 Å². The summed E-state index contributed by atoms with van der Waals surface area (Å²) in [4.78, 5) is 12.2. The maximum Gasteiger partial charge on any atom is 0.243 e. The van der Waals surface area contributed by atoms with Crippen molar-refractivity contribution in [2.24, 2.45) is 5.92 Å². The van der Waals surface area contributed by atoms with Gasteiger partial charge < -0.3 is 0 Å². The Labute approximate surface area is 173 Å².